The summed E-state index contributed by atoms with van der Waals surface area (Å²) in [6.45, 7) is 4.42. The third kappa shape index (κ3) is 3.21. The molecule has 15 heavy (non-hydrogen) atoms. The van der Waals surface area contributed by atoms with E-state index < -0.39 is 5.97 Å². The van der Waals surface area contributed by atoms with Crippen molar-refractivity contribution >= 4 is 5.97 Å². The van der Waals surface area contributed by atoms with Crippen LogP contribution in [0.1, 0.15) is 5.82 Å². The van der Waals surface area contributed by atoms with Gasteiger partial charge in [0.25, 0.3) is 0 Å². The molecule has 1 N–H and O–H groups in total. The van der Waals surface area contributed by atoms with Gasteiger partial charge in [-0.1, -0.05) is 6.58 Å². The van der Waals surface area contributed by atoms with Crippen molar-refractivity contribution < 1.29 is 9.90 Å². The van der Waals surface area contributed by atoms with Gasteiger partial charge in [0.1, 0.15) is 5.82 Å². The zero-order valence-electron chi connectivity index (χ0n) is 8.97. The molecule has 0 aromatic carbocycles. The van der Waals surface area contributed by atoms with Crippen molar-refractivity contribution in [3.63, 3.8) is 0 Å². The van der Waals surface area contributed by atoms with Gasteiger partial charge in [0, 0.05) is 31.6 Å². The number of aliphatic carboxylic acids is 1. The van der Waals surface area contributed by atoms with E-state index in [1.54, 1.807) is 6.20 Å². The topological polar surface area (TPSA) is 58.4 Å². The summed E-state index contributed by atoms with van der Waals surface area (Å²) in [7, 11) is 3.74. The van der Waals surface area contributed by atoms with Crippen molar-refractivity contribution in [1.82, 2.24) is 14.5 Å². The Kier molecular flexibility index (Phi) is 3.62. The first-order chi connectivity index (χ1) is 7.00. The summed E-state index contributed by atoms with van der Waals surface area (Å²) in [5.41, 5.74) is 0.187. The first-order valence-electron chi connectivity index (χ1n) is 4.56. The highest BCUT2D eigenvalue weighted by atomic mass is 16.4. The highest BCUT2D eigenvalue weighted by molar-refractivity contribution is 5.86. The first-order valence-corrected chi connectivity index (χ1v) is 4.56. The third-order valence-corrected chi connectivity index (χ3v) is 2.10. The quantitative estimate of drug-likeness (QED) is 0.717. The largest absolute Gasteiger partial charge is 0.478 e. The summed E-state index contributed by atoms with van der Waals surface area (Å²) in [4.78, 5) is 16.6. The lowest BCUT2D eigenvalue weighted by Crippen LogP contribution is -2.24. The maximum Gasteiger partial charge on any atom is 0.332 e. The minimum Gasteiger partial charge on any atom is -0.478 e. The number of aryl methyl sites for hydroxylation is 1. The Morgan fingerprint density at radius 1 is 1.73 bits per heavy atom. The third-order valence-electron chi connectivity index (χ3n) is 2.10. The summed E-state index contributed by atoms with van der Waals surface area (Å²) >= 11 is 0. The fraction of sp³-hybridized carbons (Fsp3) is 0.400. The Bertz CT molecular complexity index is 370. The van der Waals surface area contributed by atoms with Gasteiger partial charge >= 0.3 is 5.97 Å². The molecule has 0 aliphatic heterocycles. The van der Waals surface area contributed by atoms with Crippen LogP contribution in [0.15, 0.2) is 24.5 Å². The van der Waals surface area contributed by atoms with E-state index in [0.29, 0.717) is 13.1 Å². The van der Waals surface area contributed by atoms with Crippen molar-refractivity contribution in [3.8, 4) is 0 Å². The highest BCUT2D eigenvalue weighted by Crippen LogP contribution is 2.01. The van der Waals surface area contributed by atoms with Crippen LogP contribution in [-0.4, -0.2) is 39.1 Å². The molecule has 0 spiro atoms. The Morgan fingerprint density at radius 2 is 2.40 bits per heavy atom. The fourth-order valence-corrected chi connectivity index (χ4v) is 1.24. The Labute approximate surface area is 88.7 Å². The van der Waals surface area contributed by atoms with Crippen molar-refractivity contribution in [2.24, 2.45) is 7.05 Å². The van der Waals surface area contributed by atoms with E-state index in [2.05, 4.69) is 11.6 Å². The Hall–Kier alpha value is -1.62. The van der Waals surface area contributed by atoms with Crippen molar-refractivity contribution in [3.05, 3.63) is 30.4 Å². The second-order valence-corrected chi connectivity index (χ2v) is 3.54. The van der Waals surface area contributed by atoms with E-state index in [-0.39, 0.29) is 5.57 Å². The van der Waals surface area contributed by atoms with Gasteiger partial charge < -0.3 is 9.67 Å². The average molecular weight is 209 g/mol. The number of hydrogen-bond donors (Lipinski definition) is 1. The van der Waals surface area contributed by atoms with Crippen LogP contribution in [0.4, 0.5) is 0 Å². The van der Waals surface area contributed by atoms with Crippen LogP contribution in [0.25, 0.3) is 0 Å². The second-order valence-electron chi connectivity index (χ2n) is 3.54. The molecular weight excluding hydrogens is 194 g/mol. The molecule has 0 aliphatic rings. The zero-order valence-corrected chi connectivity index (χ0v) is 8.97. The molecule has 5 nitrogen and oxygen atoms in total. The van der Waals surface area contributed by atoms with Gasteiger partial charge in [-0.25, -0.2) is 9.78 Å². The normalized spacial score (nSPS) is 10.6. The van der Waals surface area contributed by atoms with Crippen LogP contribution in [0.5, 0.6) is 0 Å². The lowest BCUT2D eigenvalue weighted by Gasteiger charge is -2.15. The van der Waals surface area contributed by atoms with Gasteiger partial charge in [-0.2, -0.15) is 0 Å². The van der Waals surface area contributed by atoms with Crippen LogP contribution in [0, 0.1) is 0 Å². The van der Waals surface area contributed by atoms with Gasteiger partial charge in [0.05, 0.1) is 6.54 Å². The van der Waals surface area contributed by atoms with E-state index in [9.17, 15) is 4.79 Å². The van der Waals surface area contributed by atoms with E-state index >= 15 is 0 Å². The molecule has 0 fully saturated rings. The first kappa shape index (κ1) is 11.5. The van der Waals surface area contributed by atoms with Crippen LogP contribution in [-0.2, 0) is 18.4 Å². The molecule has 0 bridgehead atoms. The van der Waals surface area contributed by atoms with Crippen LogP contribution >= 0.6 is 0 Å². The maximum absolute atomic E-state index is 10.6. The summed E-state index contributed by atoms with van der Waals surface area (Å²) in [6, 6.07) is 0. The lowest BCUT2D eigenvalue weighted by atomic mass is 10.3. The Balaban J connectivity index is 2.50. The SMILES string of the molecule is C=C(CN(C)Cc1nccn1C)C(=O)O. The number of rotatable bonds is 5. The standard InChI is InChI=1S/C10H15N3O2/c1-8(10(14)15)6-12(2)7-9-11-4-5-13(9)3/h4-5H,1,6-7H2,2-3H3,(H,14,15). The van der Waals surface area contributed by atoms with Crippen molar-refractivity contribution in [2.45, 2.75) is 6.54 Å². The number of aromatic nitrogens is 2. The van der Waals surface area contributed by atoms with Crippen LogP contribution in [0.3, 0.4) is 0 Å². The molecule has 0 saturated carbocycles. The van der Waals surface area contributed by atoms with Crippen molar-refractivity contribution in [1.29, 1.82) is 0 Å². The molecule has 0 radical (unpaired) electrons. The predicted octanol–water partition coefficient (Wildman–Crippen LogP) is 0.493. The minimum absolute atomic E-state index is 0.187. The molecule has 0 aliphatic carbocycles. The minimum atomic E-state index is -0.957. The number of likely N-dealkylation sites (N-methyl/N-ethyl adjacent to an activating group) is 1. The van der Waals surface area contributed by atoms with E-state index in [1.807, 2.05) is 29.8 Å². The average Bonchev–Trinajstić information content (AvgIpc) is 2.51. The molecule has 0 amide bonds. The molecule has 1 rings (SSSR count). The molecular formula is C10H15N3O2. The smallest absolute Gasteiger partial charge is 0.332 e. The molecule has 0 unspecified atom stereocenters. The van der Waals surface area contributed by atoms with Crippen LogP contribution in [0.2, 0.25) is 0 Å². The van der Waals surface area contributed by atoms with Gasteiger partial charge in [-0.05, 0) is 7.05 Å². The van der Waals surface area contributed by atoms with E-state index in [4.69, 9.17) is 5.11 Å². The van der Waals surface area contributed by atoms with Crippen molar-refractivity contribution in [2.75, 3.05) is 13.6 Å². The van der Waals surface area contributed by atoms with E-state index in [0.717, 1.165) is 5.82 Å². The van der Waals surface area contributed by atoms with Crippen LogP contribution < -0.4 is 0 Å². The maximum atomic E-state index is 10.6. The van der Waals surface area contributed by atoms with Gasteiger partial charge in [-0.15, -0.1) is 0 Å². The summed E-state index contributed by atoms with van der Waals surface area (Å²) in [5.74, 6) is -0.0580. The lowest BCUT2D eigenvalue weighted by molar-refractivity contribution is -0.132. The number of carbonyl (C=O) groups is 1. The zero-order chi connectivity index (χ0) is 11.4. The Morgan fingerprint density at radius 3 is 2.87 bits per heavy atom. The summed E-state index contributed by atoms with van der Waals surface area (Å²) < 4.78 is 1.90. The van der Waals surface area contributed by atoms with E-state index in [1.165, 1.54) is 0 Å². The number of carboxylic acids is 1. The number of nitrogens with zero attached hydrogens (tertiary/aromatic N) is 3. The number of hydrogen-bond acceptors (Lipinski definition) is 3. The molecule has 0 saturated heterocycles. The number of carboxylic acid groups (broad SMARTS) is 1. The fourth-order valence-electron chi connectivity index (χ4n) is 1.24. The highest BCUT2D eigenvalue weighted by Gasteiger charge is 2.09. The summed E-state index contributed by atoms with van der Waals surface area (Å²) in [6.07, 6.45) is 3.57. The number of imidazole rings is 1. The molecule has 1 aromatic rings. The molecule has 1 aromatic heterocycles. The molecule has 0 atom stereocenters. The monoisotopic (exact) mass is 209 g/mol. The molecule has 5 heteroatoms. The second kappa shape index (κ2) is 4.75. The summed E-state index contributed by atoms with van der Waals surface area (Å²) in [5, 5.41) is 8.66. The predicted molar refractivity (Wildman–Crippen MR) is 56.3 cm³/mol. The van der Waals surface area contributed by atoms with Gasteiger partial charge in [0.2, 0.25) is 0 Å². The molecule has 82 valence electrons. The van der Waals surface area contributed by atoms with Gasteiger partial charge in [-0.3, -0.25) is 4.90 Å². The molecule has 1 heterocycles. The van der Waals surface area contributed by atoms with Gasteiger partial charge in [0.15, 0.2) is 0 Å².